The molecule has 25 heavy (non-hydrogen) atoms. The van der Waals surface area contributed by atoms with Gasteiger partial charge < -0.3 is 20.5 Å². The van der Waals surface area contributed by atoms with Gasteiger partial charge in [0.1, 0.15) is 12.4 Å². The Kier molecular flexibility index (Phi) is 5.23. The van der Waals surface area contributed by atoms with E-state index in [1.807, 2.05) is 12.1 Å². The maximum Gasteiger partial charge on any atom is 0.321 e. The van der Waals surface area contributed by atoms with E-state index in [2.05, 4.69) is 10.3 Å². The lowest BCUT2D eigenvalue weighted by atomic mass is 9.97. The summed E-state index contributed by atoms with van der Waals surface area (Å²) < 4.78 is 1.75. The molecule has 0 saturated carbocycles. The predicted molar refractivity (Wildman–Crippen MR) is 95.4 cm³/mol. The topological polar surface area (TPSA) is 93.2 Å². The normalized spacial score (nSPS) is 17.3. The van der Waals surface area contributed by atoms with Crippen molar-refractivity contribution in [2.75, 3.05) is 18.4 Å². The summed E-state index contributed by atoms with van der Waals surface area (Å²) >= 11 is 6.10. The molecule has 1 atom stereocenters. The molecule has 132 valence electrons. The zero-order chi connectivity index (χ0) is 17.8. The highest BCUT2D eigenvalue weighted by atomic mass is 35.5. The van der Waals surface area contributed by atoms with Crippen molar-refractivity contribution in [3.05, 3.63) is 47.5 Å². The SMILES string of the molecule is NC(=O)Cn1ccnc1[C@@H]1CCCN(C(=O)Nc2ccccc2Cl)C1. The second-order valence-corrected chi connectivity index (χ2v) is 6.48. The third kappa shape index (κ3) is 4.11. The highest BCUT2D eigenvalue weighted by Gasteiger charge is 2.28. The van der Waals surface area contributed by atoms with Crippen LogP contribution in [0, 0.1) is 0 Å². The number of anilines is 1. The van der Waals surface area contributed by atoms with Crippen molar-refractivity contribution in [3.8, 4) is 0 Å². The molecule has 1 aliphatic rings. The fourth-order valence-corrected chi connectivity index (χ4v) is 3.29. The van der Waals surface area contributed by atoms with Crippen molar-refractivity contribution >= 4 is 29.2 Å². The Morgan fingerprint density at radius 3 is 2.92 bits per heavy atom. The largest absolute Gasteiger partial charge is 0.368 e. The Labute approximate surface area is 150 Å². The number of hydrogen-bond acceptors (Lipinski definition) is 3. The number of rotatable bonds is 4. The van der Waals surface area contributed by atoms with Crippen molar-refractivity contribution in [3.63, 3.8) is 0 Å². The number of imidazole rings is 1. The molecule has 1 aromatic heterocycles. The van der Waals surface area contributed by atoms with E-state index in [9.17, 15) is 9.59 Å². The maximum absolute atomic E-state index is 12.6. The van der Waals surface area contributed by atoms with Crippen LogP contribution in [0.1, 0.15) is 24.6 Å². The Hall–Kier alpha value is -2.54. The number of para-hydroxylation sites is 1. The van der Waals surface area contributed by atoms with Crippen molar-refractivity contribution < 1.29 is 9.59 Å². The zero-order valence-corrected chi connectivity index (χ0v) is 14.4. The molecule has 0 unspecified atom stereocenters. The van der Waals surface area contributed by atoms with Gasteiger partial charge in [-0.15, -0.1) is 0 Å². The minimum Gasteiger partial charge on any atom is -0.368 e. The van der Waals surface area contributed by atoms with Crippen molar-refractivity contribution in [2.45, 2.75) is 25.3 Å². The molecule has 0 radical (unpaired) electrons. The third-order valence-corrected chi connectivity index (χ3v) is 4.59. The number of aromatic nitrogens is 2. The van der Waals surface area contributed by atoms with Gasteiger partial charge in [-0.3, -0.25) is 4.79 Å². The summed E-state index contributed by atoms with van der Waals surface area (Å²) in [6.45, 7) is 1.30. The number of halogens is 1. The lowest BCUT2D eigenvalue weighted by molar-refractivity contribution is -0.118. The van der Waals surface area contributed by atoms with Gasteiger partial charge in [0.15, 0.2) is 0 Å². The average molecular weight is 362 g/mol. The number of likely N-dealkylation sites (tertiary alicyclic amines) is 1. The molecular formula is C17H20ClN5O2. The minimum atomic E-state index is -0.414. The second-order valence-electron chi connectivity index (χ2n) is 6.07. The molecule has 0 spiro atoms. The van der Waals surface area contributed by atoms with E-state index in [1.54, 1.807) is 34.0 Å². The lowest BCUT2D eigenvalue weighted by Gasteiger charge is -2.32. The molecule has 0 bridgehead atoms. The highest BCUT2D eigenvalue weighted by molar-refractivity contribution is 6.33. The van der Waals surface area contributed by atoms with Crippen LogP contribution >= 0.6 is 11.6 Å². The van der Waals surface area contributed by atoms with Crippen LogP contribution in [0.3, 0.4) is 0 Å². The van der Waals surface area contributed by atoms with Crippen molar-refractivity contribution in [1.82, 2.24) is 14.5 Å². The van der Waals surface area contributed by atoms with E-state index in [0.29, 0.717) is 23.8 Å². The summed E-state index contributed by atoms with van der Waals surface area (Å²) in [7, 11) is 0. The molecule has 1 saturated heterocycles. The van der Waals surface area contributed by atoms with E-state index < -0.39 is 5.91 Å². The van der Waals surface area contributed by atoms with Gasteiger partial charge in [0, 0.05) is 31.4 Å². The van der Waals surface area contributed by atoms with Crippen LogP contribution in [0.15, 0.2) is 36.7 Å². The standard InChI is InChI=1S/C17H20ClN5O2/c18-13-5-1-2-6-14(13)21-17(25)23-8-3-4-12(10-23)16-20-7-9-22(16)11-15(19)24/h1-2,5-7,9,12H,3-4,8,10-11H2,(H2,19,24)(H,21,25)/t12-/m1/s1. The van der Waals surface area contributed by atoms with E-state index in [-0.39, 0.29) is 18.5 Å². The first-order valence-electron chi connectivity index (χ1n) is 8.14. The summed E-state index contributed by atoms with van der Waals surface area (Å²) in [6.07, 6.45) is 5.17. The molecule has 7 nitrogen and oxygen atoms in total. The Morgan fingerprint density at radius 1 is 1.36 bits per heavy atom. The van der Waals surface area contributed by atoms with E-state index >= 15 is 0 Å². The highest BCUT2D eigenvalue weighted by Crippen LogP contribution is 2.27. The Balaban J connectivity index is 1.69. The number of nitrogens with zero attached hydrogens (tertiary/aromatic N) is 3. The number of piperidine rings is 1. The van der Waals surface area contributed by atoms with Crippen LogP contribution < -0.4 is 11.1 Å². The molecule has 2 heterocycles. The number of amides is 3. The molecule has 3 amide bonds. The Morgan fingerprint density at radius 2 is 2.16 bits per heavy atom. The molecule has 1 fully saturated rings. The van der Waals surface area contributed by atoms with Gasteiger partial charge in [-0.05, 0) is 25.0 Å². The fraction of sp³-hybridized carbons (Fsp3) is 0.353. The number of primary amides is 1. The molecule has 8 heteroatoms. The molecule has 1 aliphatic heterocycles. The van der Waals surface area contributed by atoms with Crippen LogP contribution in [0.2, 0.25) is 5.02 Å². The molecule has 3 rings (SSSR count). The summed E-state index contributed by atoms with van der Waals surface area (Å²) in [5.41, 5.74) is 5.87. The summed E-state index contributed by atoms with van der Waals surface area (Å²) in [5.74, 6) is 0.442. The lowest BCUT2D eigenvalue weighted by Crippen LogP contribution is -2.42. The number of carbonyl (C=O) groups excluding carboxylic acids is 2. The predicted octanol–water partition coefficient (Wildman–Crippen LogP) is 2.43. The number of nitrogens with two attached hydrogens (primary N) is 1. The first-order valence-corrected chi connectivity index (χ1v) is 8.52. The van der Waals surface area contributed by atoms with Gasteiger partial charge in [-0.2, -0.15) is 0 Å². The summed E-state index contributed by atoms with van der Waals surface area (Å²) in [4.78, 5) is 29.9. The maximum atomic E-state index is 12.6. The monoisotopic (exact) mass is 361 g/mol. The van der Waals surface area contributed by atoms with E-state index in [0.717, 1.165) is 18.7 Å². The number of benzene rings is 1. The second kappa shape index (κ2) is 7.57. The number of carbonyl (C=O) groups is 2. The van der Waals surface area contributed by atoms with E-state index in [1.165, 1.54) is 0 Å². The number of hydrogen-bond donors (Lipinski definition) is 2. The summed E-state index contributed by atoms with van der Waals surface area (Å²) in [6, 6.07) is 6.94. The van der Waals surface area contributed by atoms with Gasteiger partial charge in [-0.25, -0.2) is 9.78 Å². The van der Waals surface area contributed by atoms with E-state index in [4.69, 9.17) is 17.3 Å². The van der Waals surface area contributed by atoms with Gasteiger partial charge in [-0.1, -0.05) is 23.7 Å². The van der Waals surface area contributed by atoms with Gasteiger partial charge in [0.25, 0.3) is 0 Å². The minimum absolute atomic E-state index is 0.0695. The third-order valence-electron chi connectivity index (χ3n) is 4.26. The molecular weight excluding hydrogens is 342 g/mol. The fourth-order valence-electron chi connectivity index (χ4n) is 3.11. The van der Waals surface area contributed by atoms with Gasteiger partial charge in [0.2, 0.25) is 5.91 Å². The van der Waals surface area contributed by atoms with Crippen LogP contribution in [-0.2, 0) is 11.3 Å². The number of nitrogens with one attached hydrogen (secondary N) is 1. The first kappa shape index (κ1) is 17.3. The van der Waals surface area contributed by atoms with Gasteiger partial charge in [0.05, 0.1) is 10.7 Å². The zero-order valence-electron chi connectivity index (χ0n) is 13.7. The van der Waals surface area contributed by atoms with Gasteiger partial charge >= 0.3 is 6.03 Å². The molecule has 0 aliphatic carbocycles. The molecule has 1 aromatic carbocycles. The van der Waals surface area contributed by atoms with Crippen molar-refractivity contribution in [2.24, 2.45) is 5.73 Å². The smallest absolute Gasteiger partial charge is 0.321 e. The quantitative estimate of drug-likeness (QED) is 0.875. The van der Waals surface area contributed by atoms with Crippen LogP contribution in [-0.4, -0.2) is 39.5 Å². The van der Waals surface area contributed by atoms with Crippen LogP contribution in [0.5, 0.6) is 0 Å². The number of urea groups is 1. The van der Waals surface area contributed by atoms with Crippen LogP contribution in [0.4, 0.5) is 10.5 Å². The summed E-state index contributed by atoms with van der Waals surface area (Å²) in [5, 5.41) is 3.35. The first-order chi connectivity index (χ1) is 12.0. The van der Waals surface area contributed by atoms with Crippen LogP contribution in [0.25, 0.3) is 0 Å². The van der Waals surface area contributed by atoms with Crippen molar-refractivity contribution in [1.29, 1.82) is 0 Å². The molecule has 3 N–H and O–H groups in total. The average Bonchev–Trinajstić information content (AvgIpc) is 3.04. The molecule has 2 aromatic rings. The Bertz CT molecular complexity index is 776.